The predicted octanol–water partition coefficient (Wildman–Crippen LogP) is 4.25. The first-order valence-corrected chi connectivity index (χ1v) is 11.2. The van der Waals surface area contributed by atoms with Gasteiger partial charge in [-0.15, -0.1) is 11.6 Å². The summed E-state index contributed by atoms with van der Waals surface area (Å²) < 4.78 is 28.2. The lowest BCUT2D eigenvalue weighted by atomic mass is 10.2. The van der Waals surface area contributed by atoms with E-state index in [1.807, 2.05) is 9.34 Å². The predicted molar refractivity (Wildman–Crippen MR) is 109 cm³/mol. The first-order chi connectivity index (χ1) is 14.0. The highest BCUT2D eigenvalue weighted by molar-refractivity contribution is 7.54. The molecule has 0 aromatic heterocycles. The normalized spacial score (nSPS) is 16.4. The van der Waals surface area contributed by atoms with Crippen molar-refractivity contribution in [3.63, 3.8) is 0 Å². The fraction of sp³-hybridized carbons (Fsp3) is 0.333. The second-order valence-electron chi connectivity index (χ2n) is 6.67. The monoisotopic (exact) mass is 438 g/mol. The molecule has 2 aromatic rings. The summed E-state index contributed by atoms with van der Waals surface area (Å²) in [5.41, 5.74) is 1.30. The number of nitrogens with one attached hydrogen (secondary N) is 1. The number of alkyl halides is 1. The molecule has 1 N–H and O–H groups in total. The van der Waals surface area contributed by atoms with Crippen LogP contribution >= 0.6 is 19.3 Å². The molecule has 2 aliphatic heterocycles. The van der Waals surface area contributed by atoms with Crippen molar-refractivity contribution in [3.05, 3.63) is 58.1 Å². The molecule has 0 aliphatic carbocycles. The van der Waals surface area contributed by atoms with Crippen LogP contribution < -0.4 is 10.1 Å². The quantitative estimate of drug-likeness (QED) is 0.147. The van der Waals surface area contributed by atoms with Gasteiger partial charge in [0.25, 0.3) is 0 Å². The van der Waals surface area contributed by atoms with Gasteiger partial charge in [0.2, 0.25) is 5.75 Å². The van der Waals surface area contributed by atoms with E-state index in [1.54, 1.807) is 36.4 Å². The highest BCUT2D eigenvalue weighted by Crippen LogP contribution is 2.61. The first kappa shape index (κ1) is 20.1. The summed E-state index contributed by atoms with van der Waals surface area (Å²) in [7, 11) is -2.96. The van der Waals surface area contributed by atoms with Gasteiger partial charge in [-0.2, -0.15) is 0 Å². The zero-order valence-electron chi connectivity index (χ0n) is 15.5. The zero-order chi connectivity index (χ0) is 20.4. The molecule has 4 rings (SSSR count). The topological polar surface area (TPSA) is 96.7 Å². The average molecular weight is 439 g/mol. The SMILES string of the molecule is O=[N+]([O-])c1ccc(COP(=O)(N2CC2)N2CC2)cc1Oc1ccc(NCCl)cc1. The van der Waals surface area contributed by atoms with Crippen LogP contribution in [0.4, 0.5) is 11.4 Å². The maximum atomic E-state index is 13.0. The molecule has 2 fully saturated rings. The van der Waals surface area contributed by atoms with E-state index in [-0.39, 0.29) is 24.0 Å². The van der Waals surface area contributed by atoms with Crippen molar-refractivity contribution in [1.82, 2.24) is 9.34 Å². The summed E-state index contributed by atoms with van der Waals surface area (Å²) in [6.07, 6.45) is 0. The van der Waals surface area contributed by atoms with Gasteiger partial charge in [0, 0.05) is 37.9 Å². The second kappa shape index (κ2) is 8.30. The van der Waals surface area contributed by atoms with Crippen LogP contribution in [0, 0.1) is 10.1 Å². The number of rotatable bonds is 10. The molecule has 0 bridgehead atoms. The van der Waals surface area contributed by atoms with Crippen LogP contribution in [-0.2, 0) is 15.7 Å². The number of benzene rings is 2. The Bertz CT molecular complexity index is 934. The summed E-state index contributed by atoms with van der Waals surface area (Å²) in [6, 6.07) is 11.7. The Kier molecular flexibility index (Phi) is 5.76. The Morgan fingerprint density at radius 1 is 1.10 bits per heavy atom. The fourth-order valence-electron chi connectivity index (χ4n) is 2.82. The molecular weight excluding hydrogens is 419 g/mol. The Balaban J connectivity index is 1.51. The van der Waals surface area contributed by atoms with Crippen molar-refractivity contribution >= 4 is 30.6 Å². The molecule has 0 atom stereocenters. The molecular formula is C18H20ClN4O5P. The Hall–Kier alpha value is -2.16. The van der Waals surface area contributed by atoms with E-state index in [0.29, 0.717) is 11.3 Å². The summed E-state index contributed by atoms with van der Waals surface area (Å²) in [4.78, 5) is 10.9. The van der Waals surface area contributed by atoms with Crippen LogP contribution in [0.2, 0.25) is 0 Å². The molecule has 9 nitrogen and oxygen atoms in total. The minimum absolute atomic E-state index is 0.0806. The summed E-state index contributed by atoms with van der Waals surface area (Å²) in [5.74, 6) is 0.549. The molecule has 0 spiro atoms. The van der Waals surface area contributed by atoms with Gasteiger partial charge in [0.1, 0.15) is 5.75 Å². The lowest BCUT2D eigenvalue weighted by molar-refractivity contribution is -0.385. The van der Waals surface area contributed by atoms with Crippen LogP contribution in [0.5, 0.6) is 11.5 Å². The van der Waals surface area contributed by atoms with E-state index in [1.165, 1.54) is 6.07 Å². The van der Waals surface area contributed by atoms with Crippen LogP contribution in [0.1, 0.15) is 5.56 Å². The molecule has 11 heteroatoms. The Labute approximate surface area is 172 Å². The van der Waals surface area contributed by atoms with Crippen molar-refractivity contribution in [2.45, 2.75) is 6.61 Å². The highest BCUT2D eigenvalue weighted by Gasteiger charge is 2.49. The molecule has 2 aromatic carbocycles. The van der Waals surface area contributed by atoms with Gasteiger partial charge in [-0.3, -0.25) is 14.7 Å². The fourth-order valence-corrected chi connectivity index (χ4v) is 5.17. The molecule has 0 radical (unpaired) electrons. The number of hydrogen-bond donors (Lipinski definition) is 1. The van der Waals surface area contributed by atoms with Crippen molar-refractivity contribution in [2.24, 2.45) is 0 Å². The molecule has 2 aliphatic rings. The number of anilines is 1. The summed E-state index contributed by atoms with van der Waals surface area (Å²) in [6.45, 7) is 3.12. The van der Waals surface area contributed by atoms with Crippen molar-refractivity contribution in [2.75, 3.05) is 37.5 Å². The number of nitro benzene ring substituents is 1. The molecule has 2 saturated heterocycles. The van der Waals surface area contributed by atoms with Crippen LogP contribution in [-0.4, -0.2) is 46.4 Å². The van der Waals surface area contributed by atoms with Gasteiger partial charge in [-0.1, -0.05) is 0 Å². The minimum atomic E-state index is -2.96. The number of hydrogen-bond acceptors (Lipinski definition) is 6. The molecule has 0 unspecified atom stereocenters. The highest BCUT2D eigenvalue weighted by atomic mass is 35.5. The maximum absolute atomic E-state index is 13.0. The van der Waals surface area contributed by atoms with Crippen molar-refractivity contribution in [1.29, 1.82) is 0 Å². The minimum Gasteiger partial charge on any atom is -0.450 e. The smallest absolute Gasteiger partial charge is 0.346 e. The third-order valence-electron chi connectivity index (χ3n) is 4.54. The number of halogens is 1. The van der Waals surface area contributed by atoms with Crippen LogP contribution in [0.3, 0.4) is 0 Å². The van der Waals surface area contributed by atoms with E-state index in [2.05, 4.69) is 5.32 Å². The third kappa shape index (κ3) is 4.71. The standard InChI is InChI=1S/C18H20ClN4O5P/c19-13-20-15-2-4-16(5-3-15)28-18-11-14(1-6-17(18)23(24)25)12-27-29(26,21-7-8-21)22-9-10-22/h1-6,11,20H,7-10,12-13H2. The van der Waals surface area contributed by atoms with Gasteiger partial charge in [0.15, 0.2) is 0 Å². The Morgan fingerprint density at radius 3 is 2.31 bits per heavy atom. The van der Waals surface area contributed by atoms with Gasteiger partial charge in [-0.25, -0.2) is 9.34 Å². The zero-order valence-corrected chi connectivity index (χ0v) is 17.1. The molecule has 2 heterocycles. The van der Waals surface area contributed by atoms with E-state index in [0.717, 1.165) is 31.9 Å². The van der Waals surface area contributed by atoms with E-state index in [4.69, 9.17) is 20.9 Å². The maximum Gasteiger partial charge on any atom is 0.346 e. The van der Waals surface area contributed by atoms with E-state index in [9.17, 15) is 14.7 Å². The molecule has 29 heavy (non-hydrogen) atoms. The van der Waals surface area contributed by atoms with Crippen molar-refractivity contribution < 1.29 is 18.7 Å². The van der Waals surface area contributed by atoms with Crippen LogP contribution in [0.25, 0.3) is 0 Å². The van der Waals surface area contributed by atoms with E-state index < -0.39 is 12.6 Å². The third-order valence-corrected chi connectivity index (χ3v) is 7.36. The molecule has 154 valence electrons. The average Bonchev–Trinajstić information content (AvgIpc) is 3.59. The van der Waals surface area contributed by atoms with E-state index >= 15 is 0 Å². The van der Waals surface area contributed by atoms with Gasteiger partial charge >= 0.3 is 13.4 Å². The summed E-state index contributed by atoms with van der Waals surface area (Å²) >= 11 is 5.63. The second-order valence-corrected chi connectivity index (χ2v) is 9.31. The lowest BCUT2D eigenvalue weighted by Gasteiger charge is -2.19. The van der Waals surface area contributed by atoms with Gasteiger partial charge in [0.05, 0.1) is 17.5 Å². The number of ether oxygens (including phenoxy) is 1. The number of nitrogens with zero attached hydrogens (tertiary/aromatic N) is 3. The van der Waals surface area contributed by atoms with Gasteiger partial charge in [-0.05, 0) is 42.0 Å². The summed E-state index contributed by atoms with van der Waals surface area (Å²) in [5, 5.41) is 14.3. The Morgan fingerprint density at radius 2 is 1.76 bits per heavy atom. The molecule has 0 saturated carbocycles. The van der Waals surface area contributed by atoms with Gasteiger partial charge < -0.3 is 14.6 Å². The largest absolute Gasteiger partial charge is 0.450 e. The lowest BCUT2D eigenvalue weighted by Crippen LogP contribution is -2.08. The molecule has 0 amide bonds. The van der Waals surface area contributed by atoms with Crippen molar-refractivity contribution in [3.8, 4) is 11.5 Å². The first-order valence-electron chi connectivity index (χ1n) is 9.10. The number of nitro groups is 1. The van der Waals surface area contributed by atoms with Crippen LogP contribution in [0.15, 0.2) is 42.5 Å².